The van der Waals surface area contributed by atoms with Crippen LogP contribution in [-0.4, -0.2) is 64.7 Å². The minimum absolute atomic E-state index is 0.201. The largest absolute Gasteiger partial charge is 0.444 e. The van der Waals surface area contributed by atoms with Gasteiger partial charge in [-0.15, -0.1) is 0 Å². The van der Waals surface area contributed by atoms with Gasteiger partial charge in [0.15, 0.2) is 5.96 Å². The van der Waals surface area contributed by atoms with E-state index in [-0.39, 0.29) is 12.1 Å². The molecule has 7 nitrogen and oxygen atoms in total. The maximum Gasteiger partial charge on any atom is 0.410 e. The van der Waals surface area contributed by atoms with Gasteiger partial charge in [-0.25, -0.2) is 9.78 Å². The lowest BCUT2D eigenvalue weighted by Crippen LogP contribution is -2.57. The number of rotatable bonds is 2. The van der Waals surface area contributed by atoms with Crippen molar-refractivity contribution < 1.29 is 9.53 Å². The lowest BCUT2D eigenvalue weighted by atomic mass is 10.2. The van der Waals surface area contributed by atoms with E-state index in [1.54, 1.807) is 17.2 Å². The molecule has 2 aliphatic heterocycles. The van der Waals surface area contributed by atoms with Gasteiger partial charge in [0.2, 0.25) is 0 Å². The fourth-order valence-electron chi connectivity index (χ4n) is 2.91. The van der Waals surface area contributed by atoms with Crippen LogP contribution in [0.15, 0.2) is 23.3 Å². The van der Waals surface area contributed by atoms with Crippen LogP contribution in [0.2, 0.25) is 5.15 Å². The molecule has 136 valence electrons. The molecule has 8 heteroatoms. The van der Waals surface area contributed by atoms with E-state index in [0.717, 1.165) is 18.1 Å². The third kappa shape index (κ3) is 4.54. The van der Waals surface area contributed by atoms with Gasteiger partial charge in [-0.1, -0.05) is 17.7 Å². The number of guanidine groups is 1. The molecule has 1 fully saturated rings. The number of nitrogens with zero attached hydrogens (tertiary/aromatic N) is 4. The number of carbonyl (C=O) groups excluding carboxylic acids is 1. The van der Waals surface area contributed by atoms with E-state index in [4.69, 9.17) is 16.3 Å². The van der Waals surface area contributed by atoms with E-state index >= 15 is 0 Å². The fraction of sp³-hybridized carbons (Fsp3) is 0.588. The Morgan fingerprint density at radius 3 is 2.88 bits per heavy atom. The first-order valence-electron chi connectivity index (χ1n) is 8.45. The summed E-state index contributed by atoms with van der Waals surface area (Å²) < 4.78 is 5.47. The SMILES string of the molecule is CC(C)(C)OC(=O)N1CCN2C(NCc3ccc(Cl)nc3)=NCC2C1. The van der Waals surface area contributed by atoms with Crippen molar-refractivity contribution in [2.75, 3.05) is 26.2 Å². The second-order valence-corrected chi connectivity index (χ2v) is 7.67. The second-order valence-electron chi connectivity index (χ2n) is 7.28. The van der Waals surface area contributed by atoms with Crippen molar-refractivity contribution in [3.63, 3.8) is 0 Å². The summed E-state index contributed by atoms with van der Waals surface area (Å²) in [6.07, 6.45) is 1.50. The van der Waals surface area contributed by atoms with E-state index in [2.05, 4.69) is 20.2 Å². The molecule has 2 aliphatic rings. The molecule has 0 radical (unpaired) electrons. The standard InChI is InChI=1S/C17H24ClN5O2/c1-17(2,3)25-16(24)22-6-7-23-13(11-22)10-21-15(23)20-9-12-4-5-14(18)19-8-12/h4-5,8,13H,6-7,9-11H2,1-3H3,(H,20,21). The molecule has 1 amide bonds. The Balaban J connectivity index is 1.52. The highest BCUT2D eigenvalue weighted by Crippen LogP contribution is 2.18. The summed E-state index contributed by atoms with van der Waals surface area (Å²) in [7, 11) is 0. The summed E-state index contributed by atoms with van der Waals surface area (Å²) in [5, 5.41) is 3.84. The lowest BCUT2D eigenvalue weighted by molar-refractivity contribution is 0.0137. The first kappa shape index (κ1) is 17.8. The maximum atomic E-state index is 12.2. The van der Waals surface area contributed by atoms with Gasteiger partial charge in [0.1, 0.15) is 10.8 Å². The average Bonchev–Trinajstić information content (AvgIpc) is 2.95. The Morgan fingerprint density at radius 1 is 1.40 bits per heavy atom. The minimum Gasteiger partial charge on any atom is -0.444 e. The molecule has 3 rings (SSSR count). The smallest absolute Gasteiger partial charge is 0.410 e. The van der Waals surface area contributed by atoms with Gasteiger partial charge in [-0.3, -0.25) is 4.99 Å². The van der Waals surface area contributed by atoms with E-state index in [1.165, 1.54) is 0 Å². The number of carbonyl (C=O) groups is 1. The van der Waals surface area contributed by atoms with Crippen molar-refractivity contribution >= 4 is 23.7 Å². The van der Waals surface area contributed by atoms with E-state index in [9.17, 15) is 4.79 Å². The van der Waals surface area contributed by atoms with Crippen LogP contribution in [0.4, 0.5) is 4.79 Å². The number of fused-ring (bicyclic) bond motifs is 1. The number of pyridine rings is 1. The number of piperazine rings is 1. The molecular weight excluding hydrogens is 342 g/mol. The Hall–Kier alpha value is -2.02. The zero-order chi connectivity index (χ0) is 18.0. The quantitative estimate of drug-likeness (QED) is 0.813. The van der Waals surface area contributed by atoms with Crippen molar-refractivity contribution in [1.29, 1.82) is 0 Å². The first-order chi connectivity index (χ1) is 11.8. The predicted molar refractivity (Wildman–Crippen MR) is 96.7 cm³/mol. The number of aromatic nitrogens is 1. The van der Waals surface area contributed by atoms with Gasteiger partial charge in [0, 0.05) is 32.4 Å². The molecule has 1 atom stereocenters. The summed E-state index contributed by atoms with van der Waals surface area (Å²) >= 11 is 5.80. The lowest BCUT2D eigenvalue weighted by Gasteiger charge is -2.39. The summed E-state index contributed by atoms with van der Waals surface area (Å²) in [6.45, 7) is 8.98. The monoisotopic (exact) mass is 365 g/mol. The molecule has 1 unspecified atom stereocenters. The second kappa shape index (κ2) is 7.07. The van der Waals surface area contributed by atoms with Gasteiger partial charge >= 0.3 is 6.09 Å². The number of halogens is 1. The average molecular weight is 366 g/mol. The molecular formula is C17H24ClN5O2. The van der Waals surface area contributed by atoms with Crippen molar-refractivity contribution in [1.82, 2.24) is 20.1 Å². The van der Waals surface area contributed by atoms with Crippen molar-refractivity contribution in [3.05, 3.63) is 29.0 Å². The number of nitrogens with one attached hydrogen (secondary N) is 1. The topological polar surface area (TPSA) is 70.1 Å². The Bertz CT molecular complexity index is 656. The Kier molecular flexibility index (Phi) is 5.03. The third-order valence-electron chi connectivity index (χ3n) is 4.10. The highest BCUT2D eigenvalue weighted by atomic mass is 35.5. The van der Waals surface area contributed by atoms with Gasteiger partial charge in [-0.2, -0.15) is 0 Å². The van der Waals surface area contributed by atoms with Crippen molar-refractivity contribution in [3.8, 4) is 0 Å². The molecule has 3 heterocycles. The zero-order valence-corrected chi connectivity index (χ0v) is 15.6. The van der Waals surface area contributed by atoms with Crippen LogP contribution >= 0.6 is 11.6 Å². The van der Waals surface area contributed by atoms with E-state index in [1.807, 2.05) is 26.8 Å². The van der Waals surface area contributed by atoms with E-state index in [0.29, 0.717) is 31.3 Å². The highest BCUT2D eigenvalue weighted by Gasteiger charge is 2.36. The molecule has 0 aromatic carbocycles. The highest BCUT2D eigenvalue weighted by molar-refractivity contribution is 6.29. The number of hydrogen-bond donors (Lipinski definition) is 1. The fourth-order valence-corrected chi connectivity index (χ4v) is 3.03. The van der Waals surface area contributed by atoms with Gasteiger partial charge in [0.25, 0.3) is 0 Å². The molecule has 1 aromatic heterocycles. The summed E-state index contributed by atoms with van der Waals surface area (Å²) in [5.74, 6) is 0.879. The van der Waals surface area contributed by atoms with E-state index < -0.39 is 5.60 Å². The van der Waals surface area contributed by atoms with Crippen LogP contribution in [0, 0.1) is 0 Å². The number of aliphatic imine (C=N–C) groups is 1. The first-order valence-corrected chi connectivity index (χ1v) is 8.83. The van der Waals surface area contributed by atoms with Crippen molar-refractivity contribution in [2.24, 2.45) is 4.99 Å². The van der Waals surface area contributed by atoms with Crippen LogP contribution in [0.1, 0.15) is 26.3 Å². The Labute approximate surface area is 153 Å². The zero-order valence-electron chi connectivity index (χ0n) is 14.8. The third-order valence-corrected chi connectivity index (χ3v) is 4.32. The predicted octanol–water partition coefficient (Wildman–Crippen LogP) is 2.12. The number of amides is 1. The maximum absolute atomic E-state index is 12.2. The number of ether oxygens (including phenoxy) is 1. The molecule has 0 saturated carbocycles. The van der Waals surface area contributed by atoms with Crippen LogP contribution in [-0.2, 0) is 11.3 Å². The molecule has 0 bridgehead atoms. The summed E-state index contributed by atoms with van der Waals surface area (Å²) in [5.41, 5.74) is 0.572. The normalized spacial score (nSPS) is 20.2. The van der Waals surface area contributed by atoms with Crippen LogP contribution < -0.4 is 5.32 Å². The minimum atomic E-state index is -0.472. The Morgan fingerprint density at radius 2 is 2.20 bits per heavy atom. The molecule has 1 N–H and O–H groups in total. The number of hydrogen-bond acceptors (Lipinski definition) is 6. The van der Waals surface area contributed by atoms with Crippen LogP contribution in [0.3, 0.4) is 0 Å². The molecule has 1 saturated heterocycles. The van der Waals surface area contributed by atoms with Gasteiger partial charge in [0.05, 0.1) is 12.6 Å². The van der Waals surface area contributed by atoms with Gasteiger partial charge in [-0.05, 0) is 32.4 Å². The molecule has 0 aliphatic carbocycles. The van der Waals surface area contributed by atoms with Gasteiger partial charge < -0.3 is 19.9 Å². The summed E-state index contributed by atoms with van der Waals surface area (Å²) in [4.78, 5) is 24.9. The van der Waals surface area contributed by atoms with Crippen LogP contribution in [0.25, 0.3) is 0 Å². The molecule has 1 aromatic rings. The van der Waals surface area contributed by atoms with Crippen molar-refractivity contribution in [2.45, 2.75) is 39.0 Å². The van der Waals surface area contributed by atoms with Crippen LogP contribution in [0.5, 0.6) is 0 Å². The molecule has 25 heavy (non-hydrogen) atoms. The molecule has 0 spiro atoms. The summed E-state index contributed by atoms with van der Waals surface area (Å²) in [6, 6.07) is 3.92.